The fourth-order valence-corrected chi connectivity index (χ4v) is 7.43. The van der Waals surface area contributed by atoms with E-state index in [4.69, 9.17) is 5.10 Å². The second kappa shape index (κ2) is 15.3. The molecule has 1 aliphatic heterocycles. The number of aromatic nitrogens is 2. The molecule has 0 saturated heterocycles. The molecule has 0 unspecified atom stereocenters. The maximum Gasteiger partial charge on any atom is 0.274 e. The Labute approximate surface area is 299 Å². The van der Waals surface area contributed by atoms with Crippen LogP contribution in [0.5, 0.6) is 0 Å². The molecule has 0 spiro atoms. The highest BCUT2D eigenvalue weighted by Crippen LogP contribution is 2.26. The van der Waals surface area contributed by atoms with Gasteiger partial charge in [-0.3, -0.25) is 14.4 Å². The summed E-state index contributed by atoms with van der Waals surface area (Å²) < 4.78 is 30.4. The van der Waals surface area contributed by atoms with Gasteiger partial charge in [0.05, 0.1) is 16.1 Å². The molecule has 10 nitrogen and oxygen atoms in total. The van der Waals surface area contributed by atoms with E-state index in [0.29, 0.717) is 49.5 Å². The van der Waals surface area contributed by atoms with Crippen molar-refractivity contribution in [2.24, 2.45) is 0 Å². The van der Waals surface area contributed by atoms with Gasteiger partial charge < -0.3 is 9.80 Å². The van der Waals surface area contributed by atoms with Crippen LogP contribution in [0.25, 0.3) is 16.5 Å². The smallest absolute Gasteiger partial charge is 0.274 e. The Morgan fingerprint density at radius 1 is 0.843 bits per heavy atom. The molecule has 1 N–H and O–H groups in total. The van der Waals surface area contributed by atoms with Crippen LogP contribution in [0, 0.1) is 6.92 Å². The molecular weight excluding hydrogens is 663 g/mol. The zero-order valence-corrected chi connectivity index (χ0v) is 30.1. The number of amides is 3. The standard InChI is InChI=1S/C40H43N5O5S/c1-4-6-21-43(22-7-5-2)40(48)37-28(3)26-45(41-37)36-19-17-32(25-35(36)39(47)44-23-20-30-13-9-11-15-33(30)27-44)38(46)42-51(49,50)34-18-16-29-12-8-10-14-31(29)24-34/h8-19,24-26H,4-7,20-23,27H2,1-3H3,(H,42,46). The van der Waals surface area contributed by atoms with Gasteiger partial charge in [-0.15, -0.1) is 0 Å². The Hall–Kier alpha value is -5.29. The number of hydrogen-bond acceptors (Lipinski definition) is 6. The van der Waals surface area contributed by atoms with Crippen LogP contribution in [-0.4, -0.2) is 65.4 Å². The minimum Gasteiger partial charge on any atom is -0.337 e. The van der Waals surface area contributed by atoms with Crippen LogP contribution in [0.15, 0.2) is 96.0 Å². The second-order valence-electron chi connectivity index (χ2n) is 13.0. The first-order chi connectivity index (χ1) is 24.6. The third-order valence-corrected chi connectivity index (χ3v) is 10.7. The number of fused-ring (bicyclic) bond motifs is 2. The van der Waals surface area contributed by atoms with Crippen molar-refractivity contribution in [3.05, 3.63) is 125 Å². The topological polar surface area (TPSA) is 122 Å². The van der Waals surface area contributed by atoms with Gasteiger partial charge in [0.2, 0.25) is 0 Å². The Morgan fingerprint density at radius 3 is 2.25 bits per heavy atom. The number of carbonyl (C=O) groups excluding carboxylic acids is 3. The molecular formula is C40H43N5O5S. The summed E-state index contributed by atoms with van der Waals surface area (Å²) in [5.74, 6) is -1.37. The Morgan fingerprint density at radius 2 is 1.53 bits per heavy atom. The average Bonchev–Trinajstić information content (AvgIpc) is 3.54. The van der Waals surface area contributed by atoms with Gasteiger partial charge in [0.1, 0.15) is 0 Å². The predicted octanol–water partition coefficient (Wildman–Crippen LogP) is 6.69. The normalized spacial score (nSPS) is 12.8. The number of aryl methyl sites for hydroxylation is 1. The summed E-state index contributed by atoms with van der Waals surface area (Å²) in [6.45, 7) is 8.11. The number of hydrogen-bond donors (Lipinski definition) is 1. The molecule has 3 amide bonds. The summed E-state index contributed by atoms with van der Waals surface area (Å²) in [5.41, 5.74) is 3.72. The van der Waals surface area contributed by atoms with E-state index in [1.807, 2.05) is 48.2 Å². The van der Waals surface area contributed by atoms with Gasteiger partial charge in [0.15, 0.2) is 5.69 Å². The third kappa shape index (κ3) is 7.73. The maximum atomic E-state index is 14.3. The first kappa shape index (κ1) is 35.5. The van der Waals surface area contributed by atoms with Crippen molar-refractivity contribution in [1.29, 1.82) is 0 Å². The summed E-state index contributed by atoms with van der Waals surface area (Å²) in [4.78, 5) is 45.1. The minimum absolute atomic E-state index is 0.00522. The highest BCUT2D eigenvalue weighted by atomic mass is 32.2. The molecule has 5 aromatic rings. The molecule has 6 rings (SSSR count). The summed E-state index contributed by atoms with van der Waals surface area (Å²) >= 11 is 0. The summed E-state index contributed by atoms with van der Waals surface area (Å²) in [5, 5.41) is 6.29. The highest BCUT2D eigenvalue weighted by Gasteiger charge is 2.28. The van der Waals surface area contributed by atoms with Crippen molar-refractivity contribution in [2.45, 2.75) is 64.3 Å². The SMILES string of the molecule is CCCCN(CCCC)C(=O)c1nn(-c2ccc(C(=O)NS(=O)(=O)c3ccc4ccccc4c3)cc2C(=O)N2CCc3ccccc3C2)cc1C. The van der Waals surface area contributed by atoms with E-state index in [9.17, 15) is 22.8 Å². The van der Waals surface area contributed by atoms with Crippen molar-refractivity contribution in [1.82, 2.24) is 24.3 Å². The lowest BCUT2D eigenvalue weighted by atomic mass is 9.98. The number of unbranched alkanes of at least 4 members (excludes halogenated alkanes) is 2. The van der Waals surface area contributed by atoms with E-state index in [1.54, 1.807) is 29.3 Å². The van der Waals surface area contributed by atoms with Gasteiger partial charge in [0, 0.05) is 43.5 Å². The second-order valence-corrected chi connectivity index (χ2v) is 14.7. The Bertz CT molecular complexity index is 2200. The van der Waals surface area contributed by atoms with Gasteiger partial charge in [-0.2, -0.15) is 5.10 Å². The fraction of sp³-hybridized carbons (Fsp3) is 0.300. The number of rotatable bonds is 12. The van der Waals surface area contributed by atoms with Crippen molar-refractivity contribution in [3.8, 4) is 5.69 Å². The molecule has 0 aliphatic carbocycles. The van der Waals surface area contributed by atoms with Gasteiger partial charge in [-0.1, -0.05) is 81.3 Å². The van der Waals surface area contributed by atoms with Crippen LogP contribution in [0.1, 0.15) is 87.4 Å². The van der Waals surface area contributed by atoms with Crippen LogP contribution in [0.2, 0.25) is 0 Å². The van der Waals surface area contributed by atoms with Crippen LogP contribution >= 0.6 is 0 Å². The quantitative estimate of drug-likeness (QED) is 0.154. The molecule has 0 atom stereocenters. The zero-order chi connectivity index (χ0) is 36.1. The average molecular weight is 706 g/mol. The molecule has 4 aromatic carbocycles. The molecule has 0 saturated carbocycles. The number of nitrogens with zero attached hydrogens (tertiary/aromatic N) is 4. The molecule has 51 heavy (non-hydrogen) atoms. The van der Waals surface area contributed by atoms with Gasteiger partial charge in [-0.25, -0.2) is 17.8 Å². The predicted molar refractivity (Wildman–Crippen MR) is 198 cm³/mol. The van der Waals surface area contributed by atoms with Gasteiger partial charge in [0.25, 0.3) is 27.7 Å². The van der Waals surface area contributed by atoms with Crippen LogP contribution in [0.4, 0.5) is 0 Å². The largest absolute Gasteiger partial charge is 0.337 e. The highest BCUT2D eigenvalue weighted by molar-refractivity contribution is 7.90. The molecule has 2 heterocycles. The van der Waals surface area contributed by atoms with E-state index in [-0.39, 0.29) is 27.8 Å². The first-order valence-electron chi connectivity index (χ1n) is 17.5. The lowest BCUT2D eigenvalue weighted by molar-refractivity contribution is 0.0732. The third-order valence-electron chi connectivity index (χ3n) is 9.36. The molecule has 0 bridgehead atoms. The minimum atomic E-state index is -4.24. The van der Waals surface area contributed by atoms with Crippen LogP contribution in [0.3, 0.4) is 0 Å². The molecule has 264 valence electrons. The van der Waals surface area contributed by atoms with Crippen molar-refractivity contribution < 1.29 is 22.8 Å². The van der Waals surface area contributed by atoms with E-state index in [0.717, 1.165) is 42.0 Å². The number of benzene rings is 4. The van der Waals surface area contributed by atoms with Crippen LogP contribution in [-0.2, 0) is 23.0 Å². The summed E-state index contributed by atoms with van der Waals surface area (Å²) in [6.07, 6.45) is 6.07. The Balaban J connectivity index is 1.35. The number of nitrogens with one attached hydrogen (secondary N) is 1. The lowest BCUT2D eigenvalue weighted by Crippen LogP contribution is -2.37. The summed E-state index contributed by atoms with van der Waals surface area (Å²) in [6, 6.07) is 24.4. The van der Waals surface area contributed by atoms with Crippen molar-refractivity contribution >= 4 is 38.5 Å². The van der Waals surface area contributed by atoms with Crippen molar-refractivity contribution in [2.75, 3.05) is 19.6 Å². The zero-order valence-electron chi connectivity index (χ0n) is 29.3. The molecule has 1 aliphatic rings. The van der Waals surface area contributed by atoms with Gasteiger partial charge in [-0.05, 0) is 78.4 Å². The molecule has 0 radical (unpaired) electrons. The van der Waals surface area contributed by atoms with Gasteiger partial charge >= 0.3 is 0 Å². The van der Waals surface area contributed by atoms with E-state index in [1.165, 1.54) is 34.5 Å². The lowest BCUT2D eigenvalue weighted by Gasteiger charge is -2.29. The number of sulfonamides is 1. The monoisotopic (exact) mass is 705 g/mol. The Kier molecular flexibility index (Phi) is 10.7. The fourth-order valence-electron chi connectivity index (χ4n) is 6.42. The van der Waals surface area contributed by atoms with E-state index in [2.05, 4.69) is 24.6 Å². The molecule has 1 aromatic heterocycles. The van der Waals surface area contributed by atoms with E-state index < -0.39 is 15.9 Å². The maximum absolute atomic E-state index is 14.3. The number of carbonyl (C=O) groups is 3. The summed E-state index contributed by atoms with van der Waals surface area (Å²) in [7, 11) is -4.24. The van der Waals surface area contributed by atoms with E-state index >= 15 is 0 Å². The van der Waals surface area contributed by atoms with Crippen LogP contribution < -0.4 is 4.72 Å². The molecule has 11 heteroatoms. The first-order valence-corrected chi connectivity index (χ1v) is 19.0. The van der Waals surface area contributed by atoms with Crippen molar-refractivity contribution in [3.63, 3.8) is 0 Å². The molecule has 0 fully saturated rings.